The molecule has 4 rings (SSSR count). The number of benzene rings is 1. The monoisotopic (exact) mass is 396 g/mol. The maximum atomic E-state index is 12.7. The molecular weight excluding hydrogens is 368 g/mol. The molecule has 0 saturated heterocycles. The number of aromatic nitrogens is 3. The Morgan fingerprint density at radius 1 is 1.21 bits per heavy atom. The van der Waals surface area contributed by atoms with Crippen LogP contribution < -0.4 is 5.32 Å². The number of amides is 1. The number of hydrogen-bond acceptors (Lipinski definition) is 5. The Kier molecular flexibility index (Phi) is 4.53. The van der Waals surface area contributed by atoms with Crippen molar-refractivity contribution in [1.82, 2.24) is 15.2 Å². The van der Waals surface area contributed by atoms with E-state index in [4.69, 9.17) is 4.98 Å². The topological polar surface area (TPSA) is 67.8 Å². The maximum Gasteiger partial charge on any atom is 0.237 e. The summed E-state index contributed by atoms with van der Waals surface area (Å²) in [5.41, 5.74) is 5.37. The van der Waals surface area contributed by atoms with Crippen molar-refractivity contribution in [2.45, 2.75) is 76.1 Å². The predicted octanol–water partition coefficient (Wildman–Crippen LogP) is 4.78. The molecule has 0 unspecified atom stereocenters. The Morgan fingerprint density at radius 3 is 2.57 bits per heavy atom. The number of carbonyl (C=O) groups excluding carboxylic acids is 1. The van der Waals surface area contributed by atoms with Gasteiger partial charge >= 0.3 is 0 Å². The van der Waals surface area contributed by atoms with Gasteiger partial charge < -0.3 is 5.32 Å². The lowest BCUT2D eigenvalue weighted by Crippen LogP contribution is -2.32. The fraction of sp³-hybridized carbons (Fsp3) is 0.545. The molecule has 0 spiro atoms. The SMILES string of the molecule is Cc1cccc(C)c1NC(=O)[C@H](C)Sc1nnc2c(n1)[C@@]1(C)CC[C@H]2C1(C)C. The van der Waals surface area contributed by atoms with E-state index in [0.29, 0.717) is 11.1 Å². The number of hydrogen-bond donors (Lipinski definition) is 1. The summed E-state index contributed by atoms with van der Waals surface area (Å²) in [5, 5.41) is 12.2. The van der Waals surface area contributed by atoms with Crippen LogP contribution in [0.2, 0.25) is 0 Å². The fourth-order valence-electron chi connectivity index (χ4n) is 4.86. The third kappa shape index (κ3) is 2.76. The molecule has 1 N–H and O–H groups in total. The second-order valence-corrected chi connectivity index (χ2v) is 10.3. The molecule has 2 aromatic rings. The molecule has 6 heteroatoms. The predicted molar refractivity (Wildman–Crippen MR) is 113 cm³/mol. The van der Waals surface area contributed by atoms with Gasteiger partial charge in [0.25, 0.3) is 0 Å². The number of aryl methyl sites for hydroxylation is 2. The number of carbonyl (C=O) groups is 1. The summed E-state index contributed by atoms with van der Waals surface area (Å²) in [5.74, 6) is 0.399. The van der Waals surface area contributed by atoms with Crippen molar-refractivity contribution in [2.75, 3.05) is 5.32 Å². The van der Waals surface area contributed by atoms with E-state index in [2.05, 4.69) is 36.3 Å². The minimum atomic E-state index is -0.307. The van der Waals surface area contributed by atoms with Crippen LogP contribution in [0.15, 0.2) is 23.4 Å². The third-order valence-electron chi connectivity index (χ3n) is 7.15. The van der Waals surface area contributed by atoms with E-state index in [9.17, 15) is 4.79 Å². The molecule has 3 atom stereocenters. The fourth-order valence-corrected chi connectivity index (χ4v) is 5.57. The lowest BCUT2D eigenvalue weighted by atomic mass is 9.70. The first-order chi connectivity index (χ1) is 13.1. The van der Waals surface area contributed by atoms with Crippen LogP contribution in [0.5, 0.6) is 0 Å². The highest BCUT2D eigenvalue weighted by molar-refractivity contribution is 8.00. The van der Waals surface area contributed by atoms with Gasteiger partial charge in [-0.2, -0.15) is 5.10 Å². The molecule has 1 aromatic carbocycles. The third-order valence-corrected chi connectivity index (χ3v) is 8.10. The Bertz CT molecular complexity index is 937. The van der Waals surface area contributed by atoms with Crippen molar-refractivity contribution >= 4 is 23.4 Å². The number of anilines is 1. The zero-order valence-corrected chi connectivity index (χ0v) is 18.3. The first kappa shape index (κ1) is 19.4. The highest BCUT2D eigenvalue weighted by Crippen LogP contribution is 2.66. The standard InChI is InChI=1S/C22H28N4OS/c1-12-8-7-9-13(2)16(12)23-19(27)14(3)28-20-24-18-17(25-26-20)15-10-11-22(18,6)21(15,4)5/h7-9,14-15H,10-11H2,1-6H3,(H,23,27)/t14-,15+,22+/m0/s1. The van der Waals surface area contributed by atoms with Gasteiger partial charge in [0.1, 0.15) is 0 Å². The Labute approximate surface area is 171 Å². The van der Waals surface area contributed by atoms with Crippen LogP contribution in [-0.2, 0) is 10.2 Å². The minimum Gasteiger partial charge on any atom is -0.325 e. The molecule has 1 heterocycles. The lowest BCUT2D eigenvalue weighted by molar-refractivity contribution is -0.115. The highest BCUT2D eigenvalue weighted by atomic mass is 32.2. The van der Waals surface area contributed by atoms with Gasteiger partial charge in [0.15, 0.2) is 0 Å². The lowest BCUT2D eigenvalue weighted by Gasteiger charge is -2.34. The van der Waals surface area contributed by atoms with E-state index >= 15 is 0 Å². The molecule has 1 saturated carbocycles. The van der Waals surface area contributed by atoms with E-state index in [1.54, 1.807) is 0 Å². The summed E-state index contributed by atoms with van der Waals surface area (Å²) < 4.78 is 0. The van der Waals surface area contributed by atoms with Crippen molar-refractivity contribution in [3.8, 4) is 0 Å². The molecule has 2 aliphatic rings. The first-order valence-corrected chi connectivity index (χ1v) is 10.8. The van der Waals surface area contributed by atoms with Crippen LogP contribution >= 0.6 is 11.8 Å². The molecule has 2 aliphatic carbocycles. The van der Waals surface area contributed by atoms with Gasteiger partial charge in [-0.15, -0.1) is 5.10 Å². The molecule has 0 radical (unpaired) electrons. The van der Waals surface area contributed by atoms with E-state index in [-0.39, 0.29) is 22.0 Å². The summed E-state index contributed by atoms with van der Waals surface area (Å²) in [7, 11) is 0. The number of thioether (sulfide) groups is 1. The normalized spacial score (nSPS) is 25.4. The maximum absolute atomic E-state index is 12.7. The summed E-state index contributed by atoms with van der Waals surface area (Å²) in [4.78, 5) is 17.6. The summed E-state index contributed by atoms with van der Waals surface area (Å²) >= 11 is 1.38. The number of nitrogens with zero attached hydrogens (tertiary/aromatic N) is 3. The second kappa shape index (κ2) is 6.55. The zero-order chi connectivity index (χ0) is 20.3. The molecule has 5 nitrogen and oxygen atoms in total. The van der Waals surface area contributed by atoms with E-state index < -0.39 is 0 Å². The number of rotatable bonds is 4. The number of nitrogens with one attached hydrogen (secondary N) is 1. The summed E-state index contributed by atoms with van der Waals surface area (Å²) in [6, 6.07) is 6.01. The average Bonchev–Trinajstić information content (AvgIpc) is 2.97. The Morgan fingerprint density at radius 2 is 1.89 bits per heavy atom. The van der Waals surface area contributed by atoms with Crippen molar-refractivity contribution in [3.05, 3.63) is 40.7 Å². The Hall–Kier alpha value is -1.95. The van der Waals surface area contributed by atoms with Crippen molar-refractivity contribution in [1.29, 1.82) is 0 Å². The van der Waals surface area contributed by atoms with Crippen molar-refractivity contribution in [3.63, 3.8) is 0 Å². The molecule has 0 aliphatic heterocycles. The average molecular weight is 397 g/mol. The van der Waals surface area contributed by atoms with Gasteiger partial charge in [-0.25, -0.2) is 4.98 Å². The first-order valence-electron chi connectivity index (χ1n) is 9.94. The van der Waals surface area contributed by atoms with E-state index in [1.807, 2.05) is 39.0 Å². The van der Waals surface area contributed by atoms with Crippen LogP contribution in [0.3, 0.4) is 0 Å². The summed E-state index contributed by atoms with van der Waals surface area (Å²) in [6.45, 7) is 12.8. The summed E-state index contributed by atoms with van der Waals surface area (Å²) in [6.07, 6.45) is 2.30. The smallest absolute Gasteiger partial charge is 0.237 e. The molecule has 28 heavy (non-hydrogen) atoms. The molecular formula is C22H28N4OS. The van der Waals surface area contributed by atoms with Gasteiger partial charge in [0.2, 0.25) is 11.1 Å². The quantitative estimate of drug-likeness (QED) is 0.753. The number of fused-ring (bicyclic) bond motifs is 5. The Balaban J connectivity index is 1.52. The zero-order valence-electron chi connectivity index (χ0n) is 17.5. The molecule has 1 aromatic heterocycles. The van der Waals surface area contributed by atoms with Crippen LogP contribution in [0.4, 0.5) is 5.69 Å². The van der Waals surface area contributed by atoms with Gasteiger partial charge in [-0.1, -0.05) is 50.7 Å². The van der Waals surface area contributed by atoms with Gasteiger partial charge in [0.05, 0.1) is 16.6 Å². The van der Waals surface area contributed by atoms with Crippen LogP contribution in [-0.4, -0.2) is 26.3 Å². The van der Waals surface area contributed by atoms with Gasteiger partial charge in [0, 0.05) is 17.0 Å². The highest BCUT2D eigenvalue weighted by Gasteiger charge is 2.61. The van der Waals surface area contributed by atoms with Crippen LogP contribution in [0.25, 0.3) is 0 Å². The molecule has 1 fully saturated rings. The van der Waals surface area contributed by atoms with Crippen molar-refractivity contribution in [2.24, 2.45) is 5.41 Å². The van der Waals surface area contributed by atoms with Gasteiger partial charge in [-0.05, 0) is 50.2 Å². The van der Waals surface area contributed by atoms with Gasteiger partial charge in [-0.3, -0.25) is 4.79 Å². The molecule has 2 bridgehead atoms. The molecule has 148 valence electrons. The van der Waals surface area contributed by atoms with Crippen molar-refractivity contribution < 1.29 is 4.79 Å². The second-order valence-electron chi connectivity index (χ2n) is 8.99. The number of para-hydroxylation sites is 1. The molecule has 1 amide bonds. The van der Waals surface area contributed by atoms with Crippen LogP contribution in [0.1, 0.15) is 69.0 Å². The van der Waals surface area contributed by atoms with E-state index in [0.717, 1.165) is 41.0 Å². The van der Waals surface area contributed by atoms with E-state index in [1.165, 1.54) is 11.8 Å². The van der Waals surface area contributed by atoms with Crippen LogP contribution in [0, 0.1) is 19.3 Å². The minimum absolute atomic E-state index is 0.0421. The largest absolute Gasteiger partial charge is 0.325 e.